The van der Waals surface area contributed by atoms with E-state index >= 15 is 0 Å². The van der Waals surface area contributed by atoms with Crippen molar-refractivity contribution < 1.29 is 17.6 Å². The third kappa shape index (κ3) is 4.19. The first kappa shape index (κ1) is 17.9. The molecule has 2 aromatic rings. The fraction of sp³-hybridized carbons (Fsp3) is 0.278. The number of hydrogen-bond donors (Lipinski definition) is 0. The third-order valence-electron chi connectivity index (χ3n) is 4.30. The maximum Gasteiger partial charge on any atom is 0.254 e. The summed E-state index contributed by atoms with van der Waals surface area (Å²) in [5, 5.41) is 0.501. The molecule has 0 aromatic heterocycles. The van der Waals surface area contributed by atoms with E-state index in [1.54, 1.807) is 42.5 Å². The van der Waals surface area contributed by atoms with Crippen LogP contribution in [-0.2, 0) is 16.4 Å². The van der Waals surface area contributed by atoms with Gasteiger partial charge in [-0.3, -0.25) is 4.79 Å². The smallest absolute Gasteiger partial charge is 0.254 e. The molecular formula is C18H17ClFNO3S. The summed E-state index contributed by atoms with van der Waals surface area (Å²) in [7, 11) is -3.17. The quantitative estimate of drug-likeness (QED) is 0.816. The Morgan fingerprint density at radius 1 is 1.16 bits per heavy atom. The molecule has 0 bridgehead atoms. The van der Waals surface area contributed by atoms with E-state index in [1.165, 1.54) is 11.0 Å². The molecule has 4 nitrogen and oxygen atoms in total. The standard InChI is InChI=1S/C18H17ClFNO3S/c19-15-7-5-13(6-8-15)18(22)21(16-9-10-25(23,24)12-16)11-14-3-1-2-4-17(14)20/h1-8,16H,9-12H2. The lowest BCUT2D eigenvalue weighted by molar-refractivity contribution is 0.0679. The molecule has 1 saturated heterocycles. The first-order chi connectivity index (χ1) is 11.9. The molecular weight excluding hydrogens is 365 g/mol. The number of benzene rings is 2. The van der Waals surface area contributed by atoms with Gasteiger partial charge in [-0.1, -0.05) is 29.8 Å². The van der Waals surface area contributed by atoms with Gasteiger partial charge in [-0.05, 0) is 36.8 Å². The number of carbonyl (C=O) groups excluding carboxylic acids is 1. The van der Waals surface area contributed by atoms with E-state index in [9.17, 15) is 17.6 Å². The summed E-state index contributed by atoms with van der Waals surface area (Å²) in [6, 6.07) is 12.1. The van der Waals surface area contributed by atoms with Crippen molar-refractivity contribution in [1.82, 2.24) is 4.90 Å². The summed E-state index contributed by atoms with van der Waals surface area (Å²) in [6.45, 7) is 0.0221. The van der Waals surface area contributed by atoms with Crippen molar-refractivity contribution in [2.75, 3.05) is 11.5 Å². The highest BCUT2D eigenvalue weighted by atomic mass is 35.5. The lowest BCUT2D eigenvalue weighted by atomic mass is 10.1. The number of sulfone groups is 1. The second kappa shape index (κ2) is 7.14. The fourth-order valence-corrected chi connectivity index (χ4v) is 4.81. The van der Waals surface area contributed by atoms with Crippen LogP contribution in [0.2, 0.25) is 5.02 Å². The van der Waals surface area contributed by atoms with Crippen molar-refractivity contribution in [1.29, 1.82) is 0 Å². The minimum Gasteiger partial charge on any atom is -0.330 e. The number of nitrogens with zero attached hydrogens (tertiary/aromatic N) is 1. The van der Waals surface area contributed by atoms with Crippen molar-refractivity contribution in [2.24, 2.45) is 0 Å². The monoisotopic (exact) mass is 381 g/mol. The number of halogens is 2. The van der Waals surface area contributed by atoms with Gasteiger partial charge in [-0.2, -0.15) is 0 Å². The first-order valence-electron chi connectivity index (χ1n) is 7.86. The Morgan fingerprint density at radius 3 is 2.44 bits per heavy atom. The summed E-state index contributed by atoms with van der Waals surface area (Å²) in [4.78, 5) is 14.4. The Balaban J connectivity index is 1.92. The van der Waals surface area contributed by atoms with E-state index < -0.39 is 21.7 Å². The van der Waals surface area contributed by atoms with Gasteiger partial charge in [-0.15, -0.1) is 0 Å². The van der Waals surface area contributed by atoms with Crippen LogP contribution in [0.15, 0.2) is 48.5 Å². The van der Waals surface area contributed by atoms with Crippen LogP contribution in [0, 0.1) is 5.82 Å². The topological polar surface area (TPSA) is 54.5 Å². The molecule has 25 heavy (non-hydrogen) atoms. The lowest BCUT2D eigenvalue weighted by Crippen LogP contribution is -2.40. The van der Waals surface area contributed by atoms with Crippen molar-refractivity contribution in [3.63, 3.8) is 0 Å². The molecule has 0 aliphatic carbocycles. The second-order valence-electron chi connectivity index (χ2n) is 6.09. The minimum atomic E-state index is -3.17. The molecule has 132 valence electrons. The molecule has 7 heteroatoms. The highest BCUT2D eigenvalue weighted by molar-refractivity contribution is 7.91. The van der Waals surface area contributed by atoms with Gasteiger partial charge in [0, 0.05) is 28.7 Å². The maximum atomic E-state index is 14.0. The lowest BCUT2D eigenvalue weighted by Gasteiger charge is -2.28. The van der Waals surface area contributed by atoms with Gasteiger partial charge in [0.25, 0.3) is 5.91 Å². The zero-order valence-corrected chi connectivity index (χ0v) is 14.9. The van der Waals surface area contributed by atoms with Crippen LogP contribution < -0.4 is 0 Å². The Hall–Kier alpha value is -1.92. The molecule has 0 spiro atoms. The van der Waals surface area contributed by atoms with Gasteiger partial charge in [0.1, 0.15) is 5.82 Å². The van der Waals surface area contributed by atoms with Gasteiger partial charge < -0.3 is 4.90 Å². The van der Waals surface area contributed by atoms with Crippen LogP contribution in [0.4, 0.5) is 4.39 Å². The van der Waals surface area contributed by atoms with Crippen LogP contribution in [0.25, 0.3) is 0 Å². The predicted molar refractivity (Wildman–Crippen MR) is 94.8 cm³/mol. The number of amides is 1. The van der Waals surface area contributed by atoms with E-state index in [0.29, 0.717) is 22.6 Å². The summed E-state index contributed by atoms with van der Waals surface area (Å²) >= 11 is 5.86. The Morgan fingerprint density at radius 2 is 1.84 bits per heavy atom. The third-order valence-corrected chi connectivity index (χ3v) is 6.30. The van der Waals surface area contributed by atoms with E-state index in [4.69, 9.17) is 11.6 Å². The van der Waals surface area contributed by atoms with Crippen LogP contribution in [-0.4, -0.2) is 36.8 Å². The summed E-state index contributed by atoms with van der Waals surface area (Å²) in [5.74, 6) is -0.806. The fourth-order valence-electron chi connectivity index (χ4n) is 2.96. The van der Waals surface area contributed by atoms with Gasteiger partial charge in [0.2, 0.25) is 0 Å². The van der Waals surface area contributed by atoms with Gasteiger partial charge in [0.15, 0.2) is 9.84 Å². The van der Waals surface area contributed by atoms with E-state index in [-0.39, 0.29) is 24.0 Å². The normalized spacial score (nSPS) is 18.9. The Bertz CT molecular complexity index is 883. The summed E-state index contributed by atoms with van der Waals surface area (Å²) in [5.41, 5.74) is 0.749. The number of carbonyl (C=O) groups is 1. The highest BCUT2D eigenvalue weighted by Gasteiger charge is 2.35. The molecule has 1 amide bonds. The SMILES string of the molecule is O=C(c1ccc(Cl)cc1)N(Cc1ccccc1F)C1CCS(=O)(=O)C1. The van der Waals surface area contributed by atoms with Crippen LogP contribution in [0.3, 0.4) is 0 Å². The van der Waals surface area contributed by atoms with E-state index in [0.717, 1.165) is 0 Å². The Kier molecular flexibility index (Phi) is 5.11. The van der Waals surface area contributed by atoms with Crippen molar-refractivity contribution in [2.45, 2.75) is 19.0 Å². The largest absolute Gasteiger partial charge is 0.330 e. The average Bonchev–Trinajstić information content (AvgIpc) is 2.94. The maximum absolute atomic E-state index is 14.0. The summed E-state index contributed by atoms with van der Waals surface area (Å²) < 4.78 is 37.7. The molecule has 0 saturated carbocycles. The molecule has 1 fully saturated rings. The van der Waals surface area contributed by atoms with E-state index in [2.05, 4.69) is 0 Å². The zero-order chi connectivity index (χ0) is 18.0. The summed E-state index contributed by atoms with van der Waals surface area (Å²) in [6.07, 6.45) is 0.357. The Labute approximate surface area is 151 Å². The van der Waals surface area contributed by atoms with Gasteiger partial charge in [0.05, 0.1) is 11.5 Å². The molecule has 1 atom stereocenters. The second-order valence-corrected chi connectivity index (χ2v) is 8.75. The van der Waals surface area contributed by atoms with Gasteiger partial charge >= 0.3 is 0 Å². The van der Waals surface area contributed by atoms with Crippen molar-refractivity contribution in [3.05, 3.63) is 70.5 Å². The first-order valence-corrected chi connectivity index (χ1v) is 10.1. The minimum absolute atomic E-state index is 0.0221. The molecule has 1 aliphatic heterocycles. The molecule has 2 aromatic carbocycles. The van der Waals surface area contributed by atoms with Crippen LogP contribution in [0.5, 0.6) is 0 Å². The molecule has 1 unspecified atom stereocenters. The molecule has 0 radical (unpaired) electrons. The predicted octanol–water partition coefficient (Wildman–Crippen LogP) is 3.31. The van der Waals surface area contributed by atoms with Crippen molar-refractivity contribution in [3.8, 4) is 0 Å². The van der Waals surface area contributed by atoms with E-state index in [1.807, 2.05) is 0 Å². The number of hydrogen-bond acceptors (Lipinski definition) is 3. The van der Waals surface area contributed by atoms with Crippen LogP contribution >= 0.6 is 11.6 Å². The molecule has 1 aliphatic rings. The van der Waals surface area contributed by atoms with Crippen molar-refractivity contribution >= 4 is 27.3 Å². The number of rotatable bonds is 4. The zero-order valence-electron chi connectivity index (χ0n) is 13.4. The highest BCUT2D eigenvalue weighted by Crippen LogP contribution is 2.23. The van der Waals surface area contributed by atoms with Crippen LogP contribution in [0.1, 0.15) is 22.3 Å². The average molecular weight is 382 g/mol. The molecule has 3 rings (SSSR count). The molecule has 0 N–H and O–H groups in total. The molecule has 1 heterocycles. The van der Waals surface area contributed by atoms with Gasteiger partial charge in [-0.25, -0.2) is 12.8 Å².